The molecule has 1 aromatic rings. The van der Waals surface area contributed by atoms with Crippen molar-refractivity contribution < 1.29 is 18.7 Å². The van der Waals surface area contributed by atoms with Gasteiger partial charge < -0.3 is 20.3 Å². The van der Waals surface area contributed by atoms with E-state index in [4.69, 9.17) is 4.74 Å². The first-order chi connectivity index (χ1) is 11.6. The number of hydrogen-bond donors (Lipinski definition) is 2. The van der Waals surface area contributed by atoms with Crippen LogP contribution in [0.5, 0.6) is 0 Å². The van der Waals surface area contributed by atoms with Crippen LogP contribution in [0.3, 0.4) is 0 Å². The van der Waals surface area contributed by atoms with Gasteiger partial charge in [0.25, 0.3) is 0 Å². The van der Waals surface area contributed by atoms with Gasteiger partial charge in [0.05, 0.1) is 18.3 Å². The van der Waals surface area contributed by atoms with E-state index in [-0.39, 0.29) is 24.5 Å². The van der Waals surface area contributed by atoms with Crippen molar-refractivity contribution in [2.24, 2.45) is 0 Å². The average molecular weight is 335 g/mol. The van der Waals surface area contributed by atoms with E-state index in [1.165, 1.54) is 11.0 Å². The molecule has 0 spiro atoms. The van der Waals surface area contributed by atoms with Crippen LogP contribution < -0.4 is 10.6 Å². The lowest BCUT2D eigenvalue weighted by Gasteiger charge is -2.16. The molecule has 3 rings (SSSR count). The molecule has 0 bridgehead atoms. The highest BCUT2D eigenvalue weighted by atomic mass is 19.1. The Morgan fingerprint density at radius 3 is 2.92 bits per heavy atom. The van der Waals surface area contributed by atoms with Crippen LogP contribution in [0.2, 0.25) is 0 Å². The third-order valence-electron chi connectivity index (χ3n) is 4.30. The summed E-state index contributed by atoms with van der Waals surface area (Å²) >= 11 is 0. The molecule has 2 heterocycles. The second-order valence-corrected chi connectivity index (χ2v) is 6.18. The smallest absolute Gasteiger partial charge is 0.243 e. The van der Waals surface area contributed by atoms with Crippen molar-refractivity contribution in [3.05, 3.63) is 24.0 Å². The molecule has 2 fully saturated rings. The third kappa shape index (κ3) is 4.23. The third-order valence-corrected chi connectivity index (χ3v) is 4.30. The van der Waals surface area contributed by atoms with Crippen LogP contribution in [0.1, 0.15) is 25.7 Å². The topological polar surface area (TPSA) is 70.7 Å². The molecule has 2 amide bonds. The SMILES string of the molecule is O=C(CN1CCCC1=O)Nc1ccc(NC[C@@H]2CCCO2)c(F)c1. The van der Waals surface area contributed by atoms with Crippen molar-refractivity contribution in [1.29, 1.82) is 0 Å². The highest BCUT2D eigenvalue weighted by Crippen LogP contribution is 2.20. The molecule has 2 aliphatic rings. The lowest BCUT2D eigenvalue weighted by Crippen LogP contribution is -2.33. The zero-order valence-electron chi connectivity index (χ0n) is 13.5. The van der Waals surface area contributed by atoms with Gasteiger partial charge in [0.15, 0.2) is 0 Å². The predicted molar refractivity (Wildman–Crippen MR) is 88.3 cm³/mol. The normalized spacial score (nSPS) is 20.5. The van der Waals surface area contributed by atoms with Crippen LogP contribution in [0.25, 0.3) is 0 Å². The van der Waals surface area contributed by atoms with Crippen LogP contribution in [0.4, 0.5) is 15.8 Å². The minimum absolute atomic E-state index is 0.00925. The number of rotatable bonds is 6. The molecular formula is C17H22FN3O3. The summed E-state index contributed by atoms with van der Waals surface area (Å²) in [7, 11) is 0. The van der Waals surface area contributed by atoms with E-state index in [1.807, 2.05) is 0 Å². The van der Waals surface area contributed by atoms with E-state index in [0.717, 1.165) is 25.9 Å². The summed E-state index contributed by atoms with van der Waals surface area (Å²) < 4.78 is 19.6. The van der Waals surface area contributed by atoms with Crippen molar-refractivity contribution >= 4 is 23.2 Å². The van der Waals surface area contributed by atoms with Gasteiger partial charge in [-0.05, 0) is 37.5 Å². The summed E-state index contributed by atoms with van der Waals surface area (Å²) in [6.07, 6.45) is 3.43. The maximum Gasteiger partial charge on any atom is 0.243 e. The minimum Gasteiger partial charge on any atom is -0.380 e. The Bertz CT molecular complexity index is 617. The Hall–Kier alpha value is -2.15. The number of carbonyl (C=O) groups is 2. The molecule has 0 unspecified atom stereocenters. The molecule has 0 aromatic heterocycles. The van der Waals surface area contributed by atoms with Crippen LogP contribution in [0.15, 0.2) is 18.2 Å². The summed E-state index contributed by atoms with van der Waals surface area (Å²) in [4.78, 5) is 25.0. The van der Waals surface area contributed by atoms with Gasteiger partial charge in [0.1, 0.15) is 5.82 Å². The second kappa shape index (κ2) is 7.61. The number of nitrogens with one attached hydrogen (secondary N) is 2. The number of ether oxygens (including phenoxy) is 1. The quantitative estimate of drug-likeness (QED) is 0.834. The monoisotopic (exact) mass is 335 g/mol. The van der Waals surface area contributed by atoms with Crippen molar-refractivity contribution in [2.75, 3.05) is 36.9 Å². The van der Waals surface area contributed by atoms with Gasteiger partial charge in [-0.2, -0.15) is 0 Å². The van der Waals surface area contributed by atoms with E-state index < -0.39 is 5.82 Å². The number of halogens is 1. The molecule has 2 aliphatic heterocycles. The number of anilines is 2. The van der Waals surface area contributed by atoms with Crippen molar-refractivity contribution in [3.8, 4) is 0 Å². The van der Waals surface area contributed by atoms with Gasteiger partial charge in [-0.15, -0.1) is 0 Å². The van der Waals surface area contributed by atoms with Crippen LogP contribution in [-0.4, -0.2) is 49.1 Å². The first-order valence-electron chi connectivity index (χ1n) is 8.34. The van der Waals surface area contributed by atoms with Crippen LogP contribution in [-0.2, 0) is 14.3 Å². The molecule has 0 radical (unpaired) electrons. The van der Waals surface area contributed by atoms with Gasteiger partial charge in [0.2, 0.25) is 11.8 Å². The average Bonchev–Trinajstić information content (AvgIpc) is 3.19. The fourth-order valence-electron chi connectivity index (χ4n) is 3.01. The number of benzene rings is 1. The molecule has 0 saturated carbocycles. The molecule has 2 N–H and O–H groups in total. The number of carbonyl (C=O) groups excluding carboxylic acids is 2. The van der Waals surface area contributed by atoms with Gasteiger partial charge in [0, 0.05) is 31.8 Å². The van der Waals surface area contributed by atoms with E-state index in [1.54, 1.807) is 12.1 Å². The van der Waals surface area contributed by atoms with Crippen molar-refractivity contribution in [3.63, 3.8) is 0 Å². The molecule has 7 heteroatoms. The summed E-state index contributed by atoms with van der Waals surface area (Å²) in [6, 6.07) is 4.52. The standard InChI is InChI=1S/C17H22FN3O3/c18-14-9-12(20-16(22)11-21-7-1-4-17(21)23)5-6-15(14)19-10-13-3-2-8-24-13/h5-6,9,13,19H,1-4,7-8,10-11H2,(H,20,22)/t13-/m0/s1. The zero-order chi connectivity index (χ0) is 16.9. The fourth-order valence-corrected chi connectivity index (χ4v) is 3.01. The molecule has 2 saturated heterocycles. The Morgan fingerprint density at radius 1 is 1.38 bits per heavy atom. The molecule has 1 aromatic carbocycles. The van der Waals surface area contributed by atoms with E-state index in [0.29, 0.717) is 30.9 Å². The Kier molecular flexibility index (Phi) is 5.30. The summed E-state index contributed by atoms with van der Waals surface area (Å²) in [5.74, 6) is -0.752. The second-order valence-electron chi connectivity index (χ2n) is 6.18. The number of amides is 2. The molecule has 0 aliphatic carbocycles. The molecular weight excluding hydrogens is 313 g/mol. The lowest BCUT2D eigenvalue weighted by molar-refractivity contribution is -0.131. The van der Waals surface area contributed by atoms with Crippen molar-refractivity contribution in [2.45, 2.75) is 31.8 Å². The van der Waals surface area contributed by atoms with E-state index in [2.05, 4.69) is 10.6 Å². The van der Waals surface area contributed by atoms with Gasteiger partial charge >= 0.3 is 0 Å². The van der Waals surface area contributed by atoms with Gasteiger partial charge in [-0.25, -0.2) is 4.39 Å². The highest BCUT2D eigenvalue weighted by Gasteiger charge is 2.22. The molecule has 1 atom stereocenters. The summed E-state index contributed by atoms with van der Waals surface area (Å²) in [5, 5.41) is 5.66. The van der Waals surface area contributed by atoms with Gasteiger partial charge in [-0.1, -0.05) is 0 Å². The van der Waals surface area contributed by atoms with E-state index in [9.17, 15) is 14.0 Å². The lowest BCUT2D eigenvalue weighted by atomic mass is 10.2. The Balaban J connectivity index is 1.51. The maximum atomic E-state index is 14.1. The molecule has 6 nitrogen and oxygen atoms in total. The number of likely N-dealkylation sites (tertiary alicyclic amines) is 1. The number of hydrogen-bond acceptors (Lipinski definition) is 4. The first-order valence-corrected chi connectivity index (χ1v) is 8.34. The summed E-state index contributed by atoms with van der Waals surface area (Å²) in [6.45, 7) is 1.95. The first kappa shape index (κ1) is 16.7. The fraction of sp³-hybridized carbons (Fsp3) is 0.529. The van der Waals surface area contributed by atoms with Crippen molar-refractivity contribution in [1.82, 2.24) is 4.90 Å². The summed E-state index contributed by atoms with van der Waals surface area (Å²) in [5.41, 5.74) is 0.769. The Morgan fingerprint density at radius 2 is 2.25 bits per heavy atom. The van der Waals surface area contributed by atoms with E-state index >= 15 is 0 Å². The number of nitrogens with zero attached hydrogens (tertiary/aromatic N) is 1. The zero-order valence-corrected chi connectivity index (χ0v) is 13.5. The predicted octanol–water partition coefficient (Wildman–Crippen LogP) is 1.98. The largest absolute Gasteiger partial charge is 0.380 e. The maximum absolute atomic E-state index is 14.1. The van der Waals surface area contributed by atoms with Crippen LogP contribution in [0, 0.1) is 5.82 Å². The van der Waals surface area contributed by atoms with Gasteiger partial charge in [-0.3, -0.25) is 9.59 Å². The van der Waals surface area contributed by atoms with Crippen LogP contribution >= 0.6 is 0 Å². The highest BCUT2D eigenvalue weighted by molar-refractivity contribution is 5.95. The minimum atomic E-state index is -0.428. The molecule has 130 valence electrons. The Labute approximate surface area is 140 Å². The molecule has 24 heavy (non-hydrogen) atoms.